The van der Waals surface area contributed by atoms with Crippen LogP contribution < -0.4 is 15.8 Å². The minimum atomic E-state index is 0.00870. The molecule has 0 radical (unpaired) electrons. The molecule has 0 saturated heterocycles. The van der Waals surface area contributed by atoms with Gasteiger partial charge in [0.1, 0.15) is 5.75 Å². The number of carbonyl (C=O) groups excluding carboxylic acids is 1. The molecule has 2 rings (SSSR count). The number of benzene rings is 1. The van der Waals surface area contributed by atoms with Crippen molar-refractivity contribution in [3.05, 3.63) is 42.6 Å². The normalized spacial score (nSPS) is 10.3. The van der Waals surface area contributed by atoms with Crippen molar-refractivity contribution in [1.29, 1.82) is 0 Å². The lowest BCUT2D eigenvalue weighted by Crippen LogP contribution is -2.11. The fourth-order valence-corrected chi connectivity index (χ4v) is 2.11. The van der Waals surface area contributed by atoms with Crippen molar-refractivity contribution in [2.75, 3.05) is 11.9 Å². The zero-order valence-electron chi connectivity index (χ0n) is 13.1. The molecule has 1 amide bonds. The van der Waals surface area contributed by atoms with Crippen LogP contribution in [0.15, 0.2) is 42.6 Å². The lowest BCUT2D eigenvalue weighted by Gasteiger charge is -2.08. The predicted molar refractivity (Wildman–Crippen MR) is 89.3 cm³/mol. The fraction of sp³-hybridized carbons (Fsp3) is 0.353. The predicted octanol–water partition coefficient (Wildman–Crippen LogP) is 3.12. The number of unbranched alkanes of at least 4 members (excludes halogenated alkanes) is 3. The lowest BCUT2D eigenvalue weighted by atomic mass is 10.1. The van der Waals surface area contributed by atoms with Gasteiger partial charge in [0.15, 0.2) is 0 Å². The van der Waals surface area contributed by atoms with Gasteiger partial charge in [0.2, 0.25) is 11.8 Å². The number of anilines is 1. The number of nitrogens with one attached hydrogen (secondary N) is 1. The average Bonchev–Trinajstić information content (AvgIpc) is 2.56. The lowest BCUT2D eigenvalue weighted by molar-refractivity contribution is -0.116. The maximum Gasteiger partial charge on any atom is 0.238 e. The van der Waals surface area contributed by atoms with E-state index < -0.39 is 0 Å². The van der Waals surface area contributed by atoms with Crippen LogP contribution in [0.4, 0.5) is 5.69 Å². The van der Waals surface area contributed by atoms with E-state index in [2.05, 4.69) is 15.5 Å². The fourth-order valence-electron chi connectivity index (χ4n) is 2.11. The summed E-state index contributed by atoms with van der Waals surface area (Å²) in [5.41, 5.74) is 6.15. The number of hydrogen-bond donors (Lipinski definition) is 2. The Balaban J connectivity index is 1.81. The molecule has 1 heterocycles. The van der Waals surface area contributed by atoms with Crippen molar-refractivity contribution in [3.8, 4) is 11.6 Å². The van der Waals surface area contributed by atoms with Crippen molar-refractivity contribution in [1.82, 2.24) is 10.2 Å². The first kappa shape index (κ1) is 16.9. The van der Waals surface area contributed by atoms with E-state index in [0.717, 1.165) is 25.7 Å². The molecule has 0 spiro atoms. The van der Waals surface area contributed by atoms with Gasteiger partial charge in [-0.05, 0) is 37.6 Å². The Morgan fingerprint density at radius 2 is 2.00 bits per heavy atom. The van der Waals surface area contributed by atoms with Crippen molar-refractivity contribution in [2.45, 2.75) is 32.1 Å². The zero-order chi connectivity index (χ0) is 16.3. The Morgan fingerprint density at radius 3 is 2.78 bits per heavy atom. The molecule has 0 unspecified atom stereocenters. The van der Waals surface area contributed by atoms with Crippen LogP contribution in [0.3, 0.4) is 0 Å². The summed E-state index contributed by atoms with van der Waals surface area (Å²) in [7, 11) is 0. The molecule has 3 N–H and O–H groups in total. The summed E-state index contributed by atoms with van der Waals surface area (Å²) in [5.74, 6) is 1.02. The van der Waals surface area contributed by atoms with Crippen LogP contribution in [0.25, 0.3) is 0 Å². The monoisotopic (exact) mass is 314 g/mol. The highest BCUT2D eigenvalue weighted by molar-refractivity contribution is 5.90. The first-order valence-electron chi connectivity index (χ1n) is 7.83. The quantitative estimate of drug-likeness (QED) is 0.694. The van der Waals surface area contributed by atoms with Crippen LogP contribution in [0.1, 0.15) is 32.1 Å². The maximum absolute atomic E-state index is 11.9. The Labute approximate surface area is 136 Å². The number of carbonyl (C=O) groups is 1. The van der Waals surface area contributed by atoms with Gasteiger partial charge in [0.25, 0.3) is 0 Å². The maximum atomic E-state index is 11.9. The number of hydrogen-bond acceptors (Lipinski definition) is 5. The molecular formula is C17H22N4O2. The van der Waals surface area contributed by atoms with Crippen LogP contribution in [0.5, 0.6) is 11.6 Å². The number of aromatic nitrogens is 2. The largest absolute Gasteiger partial charge is 0.437 e. The summed E-state index contributed by atoms with van der Waals surface area (Å²) in [6.07, 6.45) is 6.09. The van der Waals surface area contributed by atoms with E-state index >= 15 is 0 Å². The number of nitrogens with zero attached hydrogens (tertiary/aromatic N) is 2. The first-order valence-corrected chi connectivity index (χ1v) is 7.83. The van der Waals surface area contributed by atoms with E-state index in [1.54, 1.807) is 30.5 Å². The molecule has 0 atom stereocenters. The third kappa shape index (κ3) is 6.44. The van der Waals surface area contributed by atoms with E-state index in [0.29, 0.717) is 30.3 Å². The highest BCUT2D eigenvalue weighted by Crippen LogP contribution is 2.22. The van der Waals surface area contributed by atoms with Gasteiger partial charge in [-0.1, -0.05) is 18.9 Å². The molecule has 0 bridgehead atoms. The SMILES string of the molecule is NCCCCCCC(=O)Nc1cccc(Oc2cccnn2)c1. The number of nitrogens with two attached hydrogens (primary N) is 1. The van der Waals surface area contributed by atoms with Gasteiger partial charge in [-0.2, -0.15) is 5.10 Å². The summed E-state index contributed by atoms with van der Waals surface area (Å²) in [4.78, 5) is 11.9. The molecule has 1 aromatic heterocycles. The highest BCUT2D eigenvalue weighted by Gasteiger charge is 2.04. The van der Waals surface area contributed by atoms with Crippen molar-refractivity contribution < 1.29 is 9.53 Å². The third-order valence-electron chi connectivity index (χ3n) is 3.25. The number of ether oxygens (including phenoxy) is 1. The molecule has 0 aliphatic heterocycles. The standard InChI is InChI=1S/C17H22N4O2/c18-11-4-2-1-3-9-16(22)20-14-7-5-8-15(13-14)23-17-10-6-12-19-21-17/h5-8,10,12-13H,1-4,9,11,18H2,(H,20,22). The van der Waals surface area contributed by atoms with Crippen LogP contribution in [0.2, 0.25) is 0 Å². The molecule has 0 aliphatic rings. The second-order valence-corrected chi connectivity index (χ2v) is 5.19. The Kier molecular flexibility index (Phi) is 7.00. The molecule has 6 heteroatoms. The van der Waals surface area contributed by atoms with Crippen LogP contribution in [0, 0.1) is 0 Å². The first-order chi connectivity index (χ1) is 11.3. The van der Waals surface area contributed by atoms with Gasteiger partial charge in [-0.25, -0.2) is 0 Å². The van der Waals surface area contributed by atoms with Gasteiger partial charge in [0, 0.05) is 30.4 Å². The Morgan fingerprint density at radius 1 is 1.13 bits per heavy atom. The molecule has 0 aliphatic carbocycles. The minimum Gasteiger partial charge on any atom is -0.437 e. The van der Waals surface area contributed by atoms with Gasteiger partial charge in [0.05, 0.1) is 0 Å². The van der Waals surface area contributed by atoms with Crippen LogP contribution >= 0.6 is 0 Å². The van der Waals surface area contributed by atoms with Crippen molar-refractivity contribution in [2.24, 2.45) is 5.73 Å². The summed E-state index contributed by atoms with van der Waals surface area (Å²) in [5, 5.41) is 10.5. The second kappa shape index (κ2) is 9.53. The summed E-state index contributed by atoms with van der Waals surface area (Å²) >= 11 is 0. The van der Waals surface area contributed by atoms with E-state index in [-0.39, 0.29) is 5.91 Å². The topological polar surface area (TPSA) is 90.1 Å². The van der Waals surface area contributed by atoms with Crippen molar-refractivity contribution in [3.63, 3.8) is 0 Å². The zero-order valence-corrected chi connectivity index (χ0v) is 13.1. The molecule has 2 aromatic rings. The van der Waals surface area contributed by atoms with Gasteiger partial charge >= 0.3 is 0 Å². The molecule has 0 saturated carbocycles. The van der Waals surface area contributed by atoms with E-state index in [9.17, 15) is 4.79 Å². The van der Waals surface area contributed by atoms with Crippen LogP contribution in [-0.4, -0.2) is 22.6 Å². The molecule has 6 nitrogen and oxygen atoms in total. The van der Waals surface area contributed by atoms with Crippen molar-refractivity contribution >= 4 is 11.6 Å². The number of amides is 1. The summed E-state index contributed by atoms with van der Waals surface area (Å²) in [6.45, 7) is 0.713. The van der Waals surface area contributed by atoms with E-state index in [1.807, 2.05) is 12.1 Å². The van der Waals surface area contributed by atoms with E-state index in [1.165, 1.54) is 0 Å². The second-order valence-electron chi connectivity index (χ2n) is 5.19. The van der Waals surface area contributed by atoms with Gasteiger partial charge < -0.3 is 15.8 Å². The van der Waals surface area contributed by atoms with Gasteiger partial charge in [-0.15, -0.1) is 5.10 Å². The molecule has 0 fully saturated rings. The highest BCUT2D eigenvalue weighted by atomic mass is 16.5. The molecule has 1 aromatic carbocycles. The molecular weight excluding hydrogens is 292 g/mol. The molecule has 23 heavy (non-hydrogen) atoms. The molecule has 122 valence electrons. The average molecular weight is 314 g/mol. The summed E-state index contributed by atoms with van der Waals surface area (Å²) in [6, 6.07) is 10.7. The smallest absolute Gasteiger partial charge is 0.238 e. The Hall–Kier alpha value is -2.47. The number of rotatable bonds is 9. The van der Waals surface area contributed by atoms with Gasteiger partial charge in [-0.3, -0.25) is 4.79 Å². The minimum absolute atomic E-state index is 0.00870. The third-order valence-corrected chi connectivity index (χ3v) is 3.25. The van der Waals surface area contributed by atoms with Crippen LogP contribution in [-0.2, 0) is 4.79 Å². The Bertz CT molecular complexity index is 605. The summed E-state index contributed by atoms with van der Waals surface area (Å²) < 4.78 is 5.59. The van der Waals surface area contributed by atoms with E-state index in [4.69, 9.17) is 10.5 Å².